The molecule has 5 heteroatoms. The summed E-state index contributed by atoms with van der Waals surface area (Å²) in [6.45, 7) is 0.352. The van der Waals surface area contributed by atoms with Crippen LogP contribution in [-0.2, 0) is 6.54 Å². The molecule has 1 heterocycles. The van der Waals surface area contributed by atoms with E-state index in [1.807, 2.05) is 0 Å². The van der Waals surface area contributed by atoms with Gasteiger partial charge in [-0.2, -0.15) is 5.10 Å². The average Bonchev–Trinajstić information content (AvgIpc) is 2.66. The van der Waals surface area contributed by atoms with Gasteiger partial charge in [0, 0.05) is 17.2 Å². The summed E-state index contributed by atoms with van der Waals surface area (Å²) < 4.78 is 15.7. The van der Waals surface area contributed by atoms with Gasteiger partial charge in [-0.25, -0.2) is 9.07 Å². The van der Waals surface area contributed by atoms with Crippen LogP contribution in [-0.4, -0.2) is 9.78 Å². The van der Waals surface area contributed by atoms with Gasteiger partial charge in [-0.15, -0.1) is 0 Å². The number of hydrogen-bond donors (Lipinski definition) is 1. The third kappa shape index (κ3) is 2.08. The van der Waals surface area contributed by atoms with Crippen LogP contribution in [0.5, 0.6) is 0 Å². The molecule has 0 amide bonds. The molecular weight excluding hydrogens is 261 g/mol. The highest BCUT2D eigenvalue weighted by atomic mass is 79.9. The summed E-state index contributed by atoms with van der Waals surface area (Å²) in [4.78, 5) is 0. The summed E-state index contributed by atoms with van der Waals surface area (Å²) >= 11 is 3.20. The maximum absolute atomic E-state index is 13.5. The first kappa shape index (κ1) is 10.3. The molecule has 0 radical (unpaired) electrons. The van der Waals surface area contributed by atoms with Crippen LogP contribution >= 0.6 is 15.9 Å². The van der Waals surface area contributed by atoms with E-state index in [1.54, 1.807) is 24.4 Å². The van der Waals surface area contributed by atoms with Crippen molar-refractivity contribution < 1.29 is 4.39 Å². The van der Waals surface area contributed by atoms with Crippen molar-refractivity contribution in [3.63, 3.8) is 0 Å². The zero-order valence-corrected chi connectivity index (χ0v) is 9.41. The van der Waals surface area contributed by atoms with Gasteiger partial charge in [0.1, 0.15) is 11.5 Å². The quantitative estimate of drug-likeness (QED) is 0.909. The fourth-order valence-electron chi connectivity index (χ4n) is 1.27. The SMILES string of the molecule is NCc1ccn(-c2ccc(Br)cc2F)n1. The van der Waals surface area contributed by atoms with E-state index in [2.05, 4.69) is 21.0 Å². The summed E-state index contributed by atoms with van der Waals surface area (Å²) in [7, 11) is 0. The lowest BCUT2D eigenvalue weighted by Crippen LogP contribution is -2.02. The minimum atomic E-state index is -0.323. The molecule has 0 atom stereocenters. The van der Waals surface area contributed by atoms with E-state index in [9.17, 15) is 4.39 Å². The van der Waals surface area contributed by atoms with Gasteiger partial charge in [0.15, 0.2) is 0 Å². The second-order valence-electron chi connectivity index (χ2n) is 3.05. The van der Waals surface area contributed by atoms with Gasteiger partial charge in [-0.1, -0.05) is 15.9 Å². The lowest BCUT2D eigenvalue weighted by Gasteiger charge is -2.03. The van der Waals surface area contributed by atoms with Crippen molar-refractivity contribution in [2.45, 2.75) is 6.54 Å². The number of nitrogens with zero attached hydrogens (tertiary/aromatic N) is 2. The zero-order chi connectivity index (χ0) is 10.8. The van der Waals surface area contributed by atoms with Crippen molar-refractivity contribution in [3.8, 4) is 5.69 Å². The number of benzene rings is 1. The van der Waals surface area contributed by atoms with Crippen LogP contribution in [0.25, 0.3) is 5.69 Å². The maximum Gasteiger partial charge on any atom is 0.149 e. The maximum atomic E-state index is 13.5. The smallest absolute Gasteiger partial charge is 0.149 e. The van der Waals surface area contributed by atoms with E-state index in [4.69, 9.17) is 5.73 Å². The van der Waals surface area contributed by atoms with E-state index in [0.717, 1.165) is 5.69 Å². The minimum absolute atomic E-state index is 0.323. The topological polar surface area (TPSA) is 43.8 Å². The Bertz CT molecular complexity index is 481. The highest BCUT2D eigenvalue weighted by Gasteiger charge is 2.06. The molecule has 1 aromatic carbocycles. The molecule has 3 nitrogen and oxygen atoms in total. The molecule has 15 heavy (non-hydrogen) atoms. The van der Waals surface area contributed by atoms with Gasteiger partial charge in [0.25, 0.3) is 0 Å². The Kier molecular flexibility index (Phi) is 2.83. The van der Waals surface area contributed by atoms with Crippen molar-refractivity contribution in [2.24, 2.45) is 5.73 Å². The summed E-state index contributed by atoms with van der Waals surface area (Å²) in [6.07, 6.45) is 1.69. The number of hydrogen-bond acceptors (Lipinski definition) is 2. The predicted octanol–water partition coefficient (Wildman–Crippen LogP) is 2.23. The van der Waals surface area contributed by atoms with E-state index >= 15 is 0 Å². The summed E-state index contributed by atoms with van der Waals surface area (Å²) in [5.74, 6) is -0.323. The van der Waals surface area contributed by atoms with Crippen molar-refractivity contribution in [1.29, 1.82) is 0 Å². The first-order chi connectivity index (χ1) is 7.20. The molecule has 0 spiro atoms. The Morgan fingerprint density at radius 1 is 1.40 bits per heavy atom. The van der Waals surface area contributed by atoms with Gasteiger partial charge in [-0.05, 0) is 24.3 Å². The molecule has 0 bridgehead atoms. The largest absolute Gasteiger partial charge is 0.325 e. The van der Waals surface area contributed by atoms with Crippen LogP contribution in [0.4, 0.5) is 4.39 Å². The van der Waals surface area contributed by atoms with Crippen LogP contribution < -0.4 is 5.73 Å². The average molecular weight is 270 g/mol. The van der Waals surface area contributed by atoms with Crippen LogP contribution in [0.1, 0.15) is 5.69 Å². The van der Waals surface area contributed by atoms with Gasteiger partial charge >= 0.3 is 0 Å². The van der Waals surface area contributed by atoms with Gasteiger partial charge in [0.05, 0.1) is 5.69 Å². The molecule has 0 aliphatic heterocycles. The molecule has 1 aromatic heterocycles. The summed E-state index contributed by atoms with van der Waals surface area (Å²) in [5.41, 5.74) is 6.57. The van der Waals surface area contributed by atoms with E-state index in [1.165, 1.54) is 10.7 Å². The lowest BCUT2D eigenvalue weighted by atomic mass is 10.3. The summed E-state index contributed by atoms with van der Waals surface area (Å²) in [6, 6.07) is 6.59. The Labute approximate surface area is 94.8 Å². The molecule has 2 N–H and O–H groups in total. The third-order valence-electron chi connectivity index (χ3n) is 2.01. The Morgan fingerprint density at radius 2 is 2.20 bits per heavy atom. The molecule has 0 saturated heterocycles. The molecule has 78 valence electrons. The van der Waals surface area contributed by atoms with Crippen LogP contribution in [0.3, 0.4) is 0 Å². The molecule has 0 fully saturated rings. The molecule has 0 aliphatic rings. The van der Waals surface area contributed by atoms with E-state index < -0.39 is 0 Å². The van der Waals surface area contributed by atoms with Crippen molar-refractivity contribution in [3.05, 3.63) is 46.4 Å². The van der Waals surface area contributed by atoms with Gasteiger partial charge in [0.2, 0.25) is 0 Å². The highest BCUT2D eigenvalue weighted by Crippen LogP contribution is 2.18. The fourth-order valence-corrected chi connectivity index (χ4v) is 1.60. The predicted molar refractivity (Wildman–Crippen MR) is 59.1 cm³/mol. The Hall–Kier alpha value is -1.20. The Balaban J connectivity index is 2.44. The van der Waals surface area contributed by atoms with Crippen LogP contribution in [0.15, 0.2) is 34.9 Å². The second kappa shape index (κ2) is 4.12. The number of rotatable bonds is 2. The third-order valence-corrected chi connectivity index (χ3v) is 2.50. The standard InChI is InChI=1S/C10H9BrFN3/c11-7-1-2-10(9(12)5-7)15-4-3-8(6-13)14-15/h1-5H,6,13H2. The second-order valence-corrected chi connectivity index (χ2v) is 3.97. The molecule has 0 saturated carbocycles. The van der Waals surface area contributed by atoms with Gasteiger partial charge in [-0.3, -0.25) is 0 Å². The molecule has 2 aromatic rings. The first-order valence-electron chi connectivity index (χ1n) is 4.41. The van der Waals surface area contributed by atoms with Crippen LogP contribution in [0.2, 0.25) is 0 Å². The van der Waals surface area contributed by atoms with Crippen molar-refractivity contribution in [2.75, 3.05) is 0 Å². The highest BCUT2D eigenvalue weighted by molar-refractivity contribution is 9.10. The molecular formula is C10H9BrFN3. The van der Waals surface area contributed by atoms with Crippen molar-refractivity contribution in [1.82, 2.24) is 9.78 Å². The lowest BCUT2D eigenvalue weighted by molar-refractivity contribution is 0.609. The minimum Gasteiger partial charge on any atom is -0.325 e. The monoisotopic (exact) mass is 269 g/mol. The van der Waals surface area contributed by atoms with E-state index in [0.29, 0.717) is 16.7 Å². The fraction of sp³-hybridized carbons (Fsp3) is 0.100. The number of aromatic nitrogens is 2. The van der Waals surface area contributed by atoms with Crippen molar-refractivity contribution >= 4 is 15.9 Å². The molecule has 0 unspecified atom stereocenters. The number of nitrogens with two attached hydrogens (primary N) is 1. The molecule has 2 rings (SSSR count). The number of halogens is 2. The normalized spacial score (nSPS) is 10.6. The molecule has 0 aliphatic carbocycles. The van der Waals surface area contributed by atoms with Crippen LogP contribution in [0, 0.1) is 5.82 Å². The zero-order valence-electron chi connectivity index (χ0n) is 7.82. The first-order valence-corrected chi connectivity index (χ1v) is 5.20. The Morgan fingerprint density at radius 3 is 2.80 bits per heavy atom. The van der Waals surface area contributed by atoms with E-state index in [-0.39, 0.29) is 5.82 Å². The van der Waals surface area contributed by atoms with Gasteiger partial charge < -0.3 is 5.73 Å². The summed E-state index contributed by atoms with van der Waals surface area (Å²) in [5, 5.41) is 4.13.